The van der Waals surface area contributed by atoms with E-state index >= 15 is 0 Å². The summed E-state index contributed by atoms with van der Waals surface area (Å²) in [5.74, 6) is -1.27. The number of H-pyrrole nitrogens is 1. The number of hydrogen-bond acceptors (Lipinski definition) is 6. The Morgan fingerprint density at radius 1 is 1.14 bits per heavy atom. The summed E-state index contributed by atoms with van der Waals surface area (Å²) in [6.07, 6.45) is -4.81. The van der Waals surface area contributed by atoms with E-state index in [4.69, 9.17) is 9.52 Å². The molecule has 2 aromatic heterocycles. The number of fused-ring (bicyclic) bond motifs is 2. The Morgan fingerprint density at radius 2 is 1.89 bits per heavy atom. The zero-order valence-corrected chi connectivity index (χ0v) is 13.2. The average molecular weight is 394 g/mol. The van der Waals surface area contributed by atoms with Gasteiger partial charge >= 0.3 is 18.3 Å². The van der Waals surface area contributed by atoms with Gasteiger partial charge in [0, 0.05) is 6.07 Å². The molecule has 28 heavy (non-hydrogen) atoms. The van der Waals surface area contributed by atoms with Gasteiger partial charge in [-0.05, 0) is 30.3 Å². The average Bonchev–Trinajstić information content (AvgIpc) is 3.14. The number of carboxylic acids is 1. The monoisotopic (exact) mass is 394 g/mol. The first-order chi connectivity index (χ1) is 12.8. The van der Waals surface area contributed by atoms with E-state index in [1.54, 1.807) is 0 Å². The van der Waals surface area contributed by atoms with E-state index in [1.807, 2.05) is 0 Å². The number of rotatable bonds is 4. The number of oxazole rings is 1. The van der Waals surface area contributed by atoms with E-state index in [0.717, 1.165) is 12.1 Å². The number of ether oxygens (including phenoxy) is 1. The molecule has 0 atom stereocenters. The van der Waals surface area contributed by atoms with Gasteiger partial charge in [0.1, 0.15) is 11.3 Å². The second kappa shape index (κ2) is 6.76. The Bertz CT molecular complexity index is 1170. The highest BCUT2D eigenvalue weighted by Crippen LogP contribution is 2.29. The molecule has 0 saturated heterocycles. The van der Waals surface area contributed by atoms with Gasteiger partial charge in [-0.1, -0.05) is 7.43 Å². The number of hydrogen-bond donors (Lipinski definition) is 3. The molecule has 0 bridgehead atoms. The van der Waals surface area contributed by atoms with Gasteiger partial charge in [-0.25, -0.2) is 9.78 Å². The Morgan fingerprint density at radius 3 is 2.61 bits per heavy atom. The molecule has 0 aliphatic carbocycles. The van der Waals surface area contributed by atoms with Gasteiger partial charge in [-0.15, -0.1) is 13.2 Å². The molecule has 3 N–H and O–H groups in total. The largest absolute Gasteiger partial charge is 0.573 e. The number of carbonyl (C=O) groups is 1. The van der Waals surface area contributed by atoms with Crippen LogP contribution in [0, 0.1) is 0 Å². The van der Waals surface area contributed by atoms with Crippen molar-refractivity contribution in [2.75, 3.05) is 5.32 Å². The number of aromatic nitrogens is 3. The molecule has 2 aromatic carbocycles. The third-order valence-electron chi connectivity index (χ3n) is 3.55. The van der Waals surface area contributed by atoms with Gasteiger partial charge in [-0.2, -0.15) is 4.98 Å². The maximum absolute atomic E-state index is 12.3. The van der Waals surface area contributed by atoms with E-state index in [1.165, 1.54) is 24.3 Å². The van der Waals surface area contributed by atoms with Crippen molar-refractivity contribution >= 4 is 40.1 Å². The summed E-state index contributed by atoms with van der Waals surface area (Å²) in [6, 6.07) is 7.87. The fraction of sp³-hybridized carbons (Fsp3) is 0.118. The van der Waals surface area contributed by atoms with E-state index in [9.17, 15) is 18.0 Å². The number of aromatic amines is 1. The Hall–Kier alpha value is -3.76. The molecule has 0 aliphatic rings. The quantitative estimate of drug-likeness (QED) is 0.460. The molecule has 4 rings (SSSR count). The fourth-order valence-electron chi connectivity index (χ4n) is 2.46. The van der Waals surface area contributed by atoms with Gasteiger partial charge < -0.3 is 19.2 Å². The smallest absolute Gasteiger partial charge is 0.478 e. The van der Waals surface area contributed by atoms with Crippen LogP contribution < -0.4 is 10.1 Å². The van der Waals surface area contributed by atoms with Crippen molar-refractivity contribution in [3.05, 3.63) is 42.0 Å². The van der Waals surface area contributed by atoms with Crippen LogP contribution in [0.5, 0.6) is 5.75 Å². The number of nitrogens with one attached hydrogen (secondary N) is 2. The minimum absolute atomic E-state index is 0. The molecule has 2 heterocycles. The van der Waals surface area contributed by atoms with Gasteiger partial charge in [-0.3, -0.25) is 5.32 Å². The summed E-state index contributed by atoms with van der Waals surface area (Å²) in [4.78, 5) is 22.2. The Kier molecular flexibility index (Phi) is 4.59. The molecule has 0 aliphatic heterocycles. The van der Waals surface area contributed by atoms with Crippen LogP contribution in [0.3, 0.4) is 0 Å². The van der Waals surface area contributed by atoms with Crippen LogP contribution >= 0.6 is 0 Å². The highest BCUT2D eigenvalue weighted by atomic mass is 19.4. The molecule has 4 aromatic rings. The van der Waals surface area contributed by atoms with E-state index in [2.05, 4.69) is 25.0 Å². The van der Waals surface area contributed by atoms with Crippen molar-refractivity contribution in [3.63, 3.8) is 0 Å². The maximum atomic E-state index is 12.3. The lowest BCUT2D eigenvalue weighted by molar-refractivity contribution is -0.274. The molecular formula is C17H13F3N4O4. The van der Waals surface area contributed by atoms with Crippen LogP contribution in [0.4, 0.5) is 25.1 Å². The number of aromatic carboxylic acids is 1. The van der Waals surface area contributed by atoms with Crippen molar-refractivity contribution in [1.29, 1.82) is 0 Å². The molecule has 0 fully saturated rings. The van der Waals surface area contributed by atoms with E-state index < -0.39 is 18.1 Å². The van der Waals surface area contributed by atoms with E-state index in [-0.39, 0.29) is 30.5 Å². The number of imidazole rings is 1. The lowest BCUT2D eigenvalue weighted by Crippen LogP contribution is -2.16. The Labute approximate surface area is 155 Å². The molecule has 146 valence electrons. The number of anilines is 2. The van der Waals surface area contributed by atoms with Crippen molar-refractivity contribution in [3.8, 4) is 5.75 Å². The summed E-state index contributed by atoms with van der Waals surface area (Å²) in [5.41, 5.74) is 1.49. The molecule has 0 unspecified atom stereocenters. The van der Waals surface area contributed by atoms with Crippen LogP contribution in [0.2, 0.25) is 0 Å². The molecule has 0 spiro atoms. The zero-order chi connectivity index (χ0) is 19.2. The maximum Gasteiger partial charge on any atom is 0.573 e. The van der Waals surface area contributed by atoms with Crippen molar-refractivity contribution < 1.29 is 32.2 Å². The summed E-state index contributed by atoms with van der Waals surface area (Å²) < 4.78 is 46.0. The van der Waals surface area contributed by atoms with Crippen molar-refractivity contribution in [2.45, 2.75) is 13.8 Å². The van der Waals surface area contributed by atoms with Gasteiger partial charge in [0.05, 0.1) is 16.6 Å². The minimum atomic E-state index is -4.81. The normalized spacial score (nSPS) is 11.4. The van der Waals surface area contributed by atoms with Crippen LogP contribution in [-0.2, 0) is 0 Å². The summed E-state index contributed by atoms with van der Waals surface area (Å²) >= 11 is 0. The first-order valence-corrected chi connectivity index (χ1v) is 7.43. The number of benzene rings is 2. The number of carboxylic acid groups (broad SMARTS) is 1. The standard InChI is InChI=1S/C16H9F3N4O4.CH4/c17-16(18,19)27-8-2-4-10-12(6-8)26-15(22-10)23-14-20-9-3-1-7(13(24)25)5-11(9)21-14;/h1-6H,(H,24,25)(H2,20,21,22,23);1H4. The second-order valence-electron chi connectivity index (χ2n) is 5.44. The first kappa shape index (κ1) is 19.0. The second-order valence-corrected chi connectivity index (χ2v) is 5.44. The topological polar surface area (TPSA) is 113 Å². The van der Waals surface area contributed by atoms with Crippen LogP contribution in [0.15, 0.2) is 40.8 Å². The molecule has 0 amide bonds. The van der Waals surface area contributed by atoms with E-state index in [0.29, 0.717) is 16.6 Å². The number of alkyl halides is 3. The zero-order valence-electron chi connectivity index (χ0n) is 13.2. The SMILES string of the molecule is C.O=C(O)c1ccc2nc(Nc3nc4ccc(OC(F)(F)F)cc4o3)[nH]c2c1. The lowest BCUT2D eigenvalue weighted by Gasteiger charge is -2.07. The molecule has 11 heteroatoms. The highest BCUT2D eigenvalue weighted by molar-refractivity contribution is 5.92. The fourth-order valence-corrected chi connectivity index (χ4v) is 2.46. The molecular weight excluding hydrogens is 381 g/mol. The van der Waals surface area contributed by atoms with Gasteiger partial charge in [0.15, 0.2) is 5.58 Å². The van der Waals surface area contributed by atoms with Gasteiger partial charge in [0.25, 0.3) is 0 Å². The Balaban J connectivity index is 0.00000225. The number of nitrogens with zero attached hydrogens (tertiary/aromatic N) is 2. The highest BCUT2D eigenvalue weighted by Gasteiger charge is 2.31. The molecule has 8 nitrogen and oxygen atoms in total. The predicted octanol–water partition coefficient (Wildman–Crippen LogP) is 4.68. The summed E-state index contributed by atoms with van der Waals surface area (Å²) in [5, 5.41) is 11.7. The van der Waals surface area contributed by atoms with Crippen LogP contribution in [0.1, 0.15) is 17.8 Å². The van der Waals surface area contributed by atoms with Crippen molar-refractivity contribution in [2.24, 2.45) is 0 Å². The van der Waals surface area contributed by atoms with Crippen LogP contribution in [0.25, 0.3) is 22.1 Å². The first-order valence-electron chi connectivity index (χ1n) is 7.43. The molecule has 0 radical (unpaired) electrons. The van der Waals surface area contributed by atoms with Crippen molar-refractivity contribution in [1.82, 2.24) is 15.0 Å². The lowest BCUT2D eigenvalue weighted by atomic mass is 10.2. The van der Waals surface area contributed by atoms with Gasteiger partial charge in [0.2, 0.25) is 5.95 Å². The third-order valence-corrected chi connectivity index (χ3v) is 3.55. The summed E-state index contributed by atoms with van der Waals surface area (Å²) in [7, 11) is 0. The number of halogens is 3. The predicted molar refractivity (Wildman–Crippen MR) is 93.8 cm³/mol. The third kappa shape index (κ3) is 3.82. The molecule has 0 saturated carbocycles. The minimum Gasteiger partial charge on any atom is -0.478 e. The summed E-state index contributed by atoms with van der Waals surface area (Å²) in [6.45, 7) is 0. The van der Waals surface area contributed by atoms with Crippen LogP contribution in [-0.4, -0.2) is 32.4 Å².